The lowest BCUT2D eigenvalue weighted by atomic mass is 10.2. The second-order valence-electron chi connectivity index (χ2n) is 5.34. The van der Waals surface area contributed by atoms with Crippen molar-refractivity contribution in [3.63, 3.8) is 0 Å². The van der Waals surface area contributed by atoms with E-state index in [1.807, 2.05) is 0 Å². The average Bonchev–Trinajstić information content (AvgIpc) is 3.08. The van der Waals surface area contributed by atoms with Gasteiger partial charge in [-0.15, -0.1) is 0 Å². The molecule has 2 saturated heterocycles. The van der Waals surface area contributed by atoms with Gasteiger partial charge in [-0.2, -0.15) is 0 Å². The lowest BCUT2D eigenvalue weighted by Crippen LogP contribution is -2.39. The number of methoxy groups -OCH3 is 1. The number of carbonyl (C=O) groups excluding carboxylic acids is 3. The molecule has 3 rings (SSSR count). The van der Waals surface area contributed by atoms with Gasteiger partial charge in [-0.3, -0.25) is 14.5 Å². The molecule has 2 aliphatic heterocycles. The quantitative estimate of drug-likeness (QED) is 0.844. The van der Waals surface area contributed by atoms with Crippen LogP contribution in [0.5, 0.6) is 5.75 Å². The minimum Gasteiger partial charge on any atom is -0.497 e. The van der Waals surface area contributed by atoms with Crippen molar-refractivity contribution in [3.8, 4) is 5.75 Å². The molecule has 1 unspecified atom stereocenters. The van der Waals surface area contributed by atoms with Crippen molar-refractivity contribution in [2.75, 3.05) is 25.5 Å². The van der Waals surface area contributed by atoms with Crippen LogP contribution in [-0.4, -0.2) is 53.9 Å². The van der Waals surface area contributed by atoms with E-state index in [0.29, 0.717) is 24.4 Å². The molecule has 0 bridgehead atoms. The van der Waals surface area contributed by atoms with Crippen LogP contribution in [0.1, 0.15) is 12.8 Å². The van der Waals surface area contributed by atoms with E-state index in [4.69, 9.17) is 4.74 Å². The summed E-state index contributed by atoms with van der Waals surface area (Å²) in [5.74, 6) is 0.0175. The van der Waals surface area contributed by atoms with Crippen LogP contribution in [0.2, 0.25) is 0 Å². The van der Waals surface area contributed by atoms with Gasteiger partial charge in [-0.05, 0) is 37.1 Å². The van der Waals surface area contributed by atoms with Crippen LogP contribution in [-0.2, 0) is 9.59 Å². The molecule has 1 N–H and O–H groups in total. The third-order valence-electron chi connectivity index (χ3n) is 3.96. The van der Waals surface area contributed by atoms with Gasteiger partial charge in [0.1, 0.15) is 18.3 Å². The van der Waals surface area contributed by atoms with Gasteiger partial charge >= 0.3 is 6.03 Å². The maximum Gasteiger partial charge on any atom is 0.327 e. The summed E-state index contributed by atoms with van der Waals surface area (Å²) in [5, 5.41) is 2.67. The number of ether oxygens (including phenoxy) is 1. The lowest BCUT2D eigenvalue weighted by Gasteiger charge is -2.15. The van der Waals surface area contributed by atoms with Gasteiger partial charge in [0.25, 0.3) is 5.91 Å². The van der Waals surface area contributed by atoms with Crippen LogP contribution in [0.3, 0.4) is 0 Å². The fourth-order valence-corrected chi connectivity index (χ4v) is 2.85. The maximum atomic E-state index is 12.1. The Labute approximate surface area is 127 Å². The minimum absolute atomic E-state index is 0.253. The van der Waals surface area contributed by atoms with Gasteiger partial charge in [0, 0.05) is 12.2 Å². The Morgan fingerprint density at radius 3 is 2.68 bits per heavy atom. The molecule has 0 spiro atoms. The summed E-state index contributed by atoms with van der Waals surface area (Å²) in [6, 6.07) is 6.10. The highest BCUT2D eigenvalue weighted by molar-refractivity contribution is 6.08. The first-order chi connectivity index (χ1) is 10.6. The number of rotatable bonds is 4. The number of urea groups is 1. The summed E-state index contributed by atoms with van der Waals surface area (Å²) in [5.41, 5.74) is 0.588. The summed E-state index contributed by atoms with van der Waals surface area (Å²) in [7, 11) is 1.56. The Morgan fingerprint density at radius 2 is 2.05 bits per heavy atom. The average molecular weight is 303 g/mol. The number of hydrogen-bond acceptors (Lipinski definition) is 4. The highest BCUT2D eigenvalue weighted by atomic mass is 16.5. The monoisotopic (exact) mass is 303 g/mol. The molecular formula is C15H17N3O4. The highest BCUT2D eigenvalue weighted by Gasteiger charge is 2.47. The van der Waals surface area contributed by atoms with Gasteiger partial charge in [0.15, 0.2) is 0 Å². The summed E-state index contributed by atoms with van der Waals surface area (Å²) in [4.78, 5) is 38.8. The van der Waals surface area contributed by atoms with E-state index in [9.17, 15) is 14.4 Å². The number of fused-ring (bicyclic) bond motifs is 1. The number of amides is 4. The molecule has 0 saturated carbocycles. The smallest absolute Gasteiger partial charge is 0.327 e. The van der Waals surface area contributed by atoms with Crippen molar-refractivity contribution in [2.45, 2.75) is 18.9 Å². The summed E-state index contributed by atoms with van der Waals surface area (Å²) >= 11 is 0. The molecule has 1 aromatic rings. The van der Waals surface area contributed by atoms with Gasteiger partial charge in [-0.25, -0.2) is 4.79 Å². The van der Waals surface area contributed by atoms with E-state index in [1.54, 1.807) is 36.3 Å². The van der Waals surface area contributed by atoms with Crippen LogP contribution in [0.4, 0.5) is 10.5 Å². The SMILES string of the molecule is COc1ccc(NC(=O)CN2C(=O)C3CCCN3C2=O)cc1. The molecule has 7 heteroatoms. The zero-order valence-corrected chi connectivity index (χ0v) is 12.2. The normalized spacial score (nSPS) is 20.3. The molecule has 4 amide bonds. The fraction of sp³-hybridized carbons (Fsp3) is 0.400. The predicted octanol–water partition coefficient (Wildman–Crippen LogP) is 1.06. The Morgan fingerprint density at radius 1 is 1.32 bits per heavy atom. The minimum atomic E-state index is -0.395. The van der Waals surface area contributed by atoms with Crippen LogP contribution in [0.15, 0.2) is 24.3 Å². The summed E-state index contributed by atoms with van der Waals surface area (Å²) in [6.45, 7) is 0.336. The Kier molecular flexibility index (Phi) is 3.70. The molecule has 7 nitrogen and oxygen atoms in total. The van der Waals surface area contributed by atoms with Crippen molar-refractivity contribution >= 4 is 23.5 Å². The third-order valence-corrected chi connectivity index (χ3v) is 3.96. The molecule has 22 heavy (non-hydrogen) atoms. The van der Waals surface area contributed by atoms with Gasteiger partial charge in [-0.1, -0.05) is 0 Å². The zero-order chi connectivity index (χ0) is 15.7. The van der Waals surface area contributed by atoms with Crippen molar-refractivity contribution in [1.29, 1.82) is 0 Å². The van der Waals surface area contributed by atoms with Crippen LogP contribution in [0, 0.1) is 0 Å². The Bertz CT molecular complexity index is 592. The number of benzene rings is 1. The van der Waals surface area contributed by atoms with E-state index in [1.165, 1.54) is 0 Å². The van der Waals surface area contributed by atoms with E-state index < -0.39 is 5.91 Å². The van der Waals surface area contributed by atoms with Gasteiger partial charge in [0.2, 0.25) is 5.91 Å². The van der Waals surface area contributed by atoms with Gasteiger partial charge < -0.3 is 15.0 Å². The lowest BCUT2D eigenvalue weighted by molar-refractivity contribution is -0.131. The number of anilines is 1. The Balaban J connectivity index is 1.62. The van der Waals surface area contributed by atoms with Gasteiger partial charge in [0.05, 0.1) is 7.11 Å². The molecular weight excluding hydrogens is 286 g/mol. The molecule has 1 atom stereocenters. The largest absolute Gasteiger partial charge is 0.497 e. The first kappa shape index (κ1) is 14.4. The van der Waals surface area contributed by atoms with Crippen molar-refractivity contribution in [3.05, 3.63) is 24.3 Å². The molecule has 1 aromatic carbocycles. The first-order valence-corrected chi connectivity index (χ1v) is 7.16. The topological polar surface area (TPSA) is 79.0 Å². The zero-order valence-electron chi connectivity index (χ0n) is 12.2. The maximum absolute atomic E-state index is 12.1. The van der Waals surface area contributed by atoms with Crippen molar-refractivity contribution < 1.29 is 19.1 Å². The molecule has 116 valence electrons. The third kappa shape index (κ3) is 2.49. The highest BCUT2D eigenvalue weighted by Crippen LogP contribution is 2.27. The van der Waals surface area contributed by atoms with Crippen LogP contribution in [0.25, 0.3) is 0 Å². The second kappa shape index (κ2) is 5.67. The standard InChI is InChI=1S/C15H17N3O4/c1-22-11-6-4-10(5-7-11)16-13(19)9-18-14(20)12-3-2-8-17(12)15(18)21/h4-7,12H,2-3,8-9H2,1H3,(H,16,19). The molecule has 2 heterocycles. The van der Waals surface area contributed by atoms with E-state index in [2.05, 4.69) is 5.32 Å². The second-order valence-corrected chi connectivity index (χ2v) is 5.34. The summed E-state index contributed by atoms with van der Waals surface area (Å²) < 4.78 is 5.04. The molecule has 2 fully saturated rings. The fourth-order valence-electron chi connectivity index (χ4n) is 2.85. The van der Waals surface area contributed by atoms with E-state index in [0.717, 1.165) is 11.3 Å². The van der Waals surface area contributed by atoms with E-state index in [-0.39, 0.29) is 24.5 Å². The summed E-state index contributed by atoms with van der Waals surface area (Å²) in [6.07, 6.45) is 1.52. The number of nitrogens with one attached hydrogen (secondary N) is 1. The van der Waals surface area contributed by atoms with Crippen molar-refractivity contribution in [2.24, 2.45) is 0 Å². The Hall–Kier alpha value is -2.57. The molecule has 0 aromatic heterocycles. The molecule has 0 aliphatic carbocycles. The van der Waals surface area contributed by atoms with Crippen LogP contribution < -0.4 is 10.1 Å². The van der Waals surface area contributed by atoms with Crippen molar-refractivity contribution in [1.82, 2.24) is 9.80 Å². The molecule has 2 aliphatic rings. The predicted molar refractivity (Wildman–Crippen MR) is 78.5 cm³/mol. The number of carbonyl (C=O) groups is 3. The first-order valence-electron chi connectivity index (χ1n) is 7.16. The number of nitrogens with zero attached hydrogens (tertiary/aromatic N) is 2. The number of hydrogen-bond donors (Lipinski definition) is 1. The number of imide groups is 1. The molecule has 0 radical (unpaired) electrons. The van der Waals surface area contributed by atoms with Crippen LogP contribution >= 0.6 is 0 Å². The van der Waals surface area contributed by atoms with E-state index >= 15 is 0 Å².